The Morgan fingerprint density at radius 2 is 1.12 bits per heavy atom. The fourth-order valence-corrected chi connectivity index (χ4v) is 8.14. The molecule has 0 atom stereocenters. The fraction of sp³-hybridized carbons (Fsp3) is 0. The van der Waals surface area contributed by atoms with Gasteiger partial charge in [0.05, 0.1) is 15.9 Å². The number of rotatable bonds is 4. The van der Waals surface area contributed by atoms with E-state index in [2.05, 4.69) is 158 Å². The van der Waals surface area contributed by atoms with Gasteiger partial charge in [-0.05, 0) is 64.0 Å². The summed E-state index contributed by atoms with van der Waals surface area (Å²) in [4.78, 5) is 10.6. The predicted molar refractivity (Wildman–Crippen MR) is 201 cm³/mol. The molecule has 3 heterocycles. The Kier molecular flexibility index (Phi) is 6.05. The molecule has 0 fully saturated rings. The minimum absolute atomic E-state index is 0.700. The maximum atomic E-state index is 6.57. The number of benzene rings is 7. The molecule has 4 heteroatoms. The van der Waals surface area contributed by atoms with E-state index < -0.39 is 0 Å². The molecule has 0 saturated carbocycles. The van der Waals surface area contributed by atoms with Crippen LogP contribution in [0.25, 0.3) is 97.9 Å². The van der Waals surface area contributed by atoms with Crippen LogP contribution in [-0.4, -0.2) is 9.97 Å². The van der Waals surface area contributed by atoms with Crippen LogP contribution < -0.4 is 0 Å². The molecule has 48 heavy (non-hydrogen) atoms. The van der Waals surface area contributed by atoms with Crippen molar-refractivity contribution in [2.45, 2.75) is 0 Å². The molecule has 0 saturated heterocycles. The van der Waals surface area contributed by atoms with Gasteiger partial charge in [-0.2, -0.15) is 0 Å². The monoisotopic (exact) mass is 630 g/mol. The number of furan rings is 1. The summed E-state index contributed by atoms with van der Waals surface area (Å²) in [7, 11) is 0. The lowest BCUT2D eigenvalue weighted by molar-refractivity contribution is 0.672. The molecular formula is C44H26N2OS. The van der Waals surface area contributed by atoms with E-state index in [1.165, 1.54) is 26.8 Å². The number of thiophene rings is 1. The minimum atomic E-state index is 0.700. The van der Waals surface area contributed by atoms with Crippen LogP contribution in [0.1, 0.15) is 0 Å². The van der Waals surface area contributed by atoms with E-state index in [0.29, 0.717) is 5.82 Å². The van der Waals surface area contributed by atoms with E-state index in [1.54, 1.807) is 11.3 Å². The van der Waals surface area contributed by atoms with E-state index in [4.69, 9.17) is 14.4 Å². The highest BCUT2D eigenvalue weighted by Crippen LogP contribution is 2.43. The number of nitrogens with zero attached hydrogens (tertiary/aromatic N) is 2. The van der Waals surface area contributed by atoms with E-state index in [-0.39, 0.29) is 0 Å². The van der Waals surface area contributed by atoms with Gasteiger partial charge in [0.1, 0.15) is 11.2 Å². The van der Waals surface area contributed by atoms with Crippen molar-refractivity contribution in [3.05, 3.63) is 158 Å². The number of hydrogen-bond donors (Lipinski definition) is 0. The molecule has 3 aromatic heterocycles. The molecule has 0 bridgehead atoms. The van der Waals surface area contributed by atoms with Crippen molar-refractivity contribution in [2.75, 3.05) is 0 Å². The Balaban J connectivity index is 1.22. The molecule has 0 N–H and O–H groups in total. The van der Waals surface area contributed by atoms with Crippen LogP contribution in [0.3, 0.4) is 0 Å². The predicted octanol–water partition coefficient (Wildman–Crippen LogP) is 12.6. The highest BCUT2D eigenvalue weighted by molar-refractivity contribution is 7.26. The Labute approximate surface area is 280 Å². The SMILES string of the molecule is c1ccc(-c2cccc(-c3nc(-c4ccc5oc6c7ccccc7c(-c7ccccc7)cc6c5c4)nc4c3sc3ccccc34)c2)cc1. The lowest BCUT2D eigenvalue weighted by Crippen LogP contribution is -1.94. The van der Waals surface area contributed by atoms with Crippen LogP contribution in [-0.2, 0) is 0 Å². The van der Waals surface area contributed by atoms with Gasteiger partial charge >= 0.3 is 0 Å². The molecule has 0 radical (unpaired) electrons. The van der Waals surface area contributed by atoms with Crippen molar-refractivity contribution < 1.29 is 4.42 Å². The van der Waals surface area contributed by atoms with E-state index in [0.717, 1.165) is 65.3 Å². The van der Waals surface area contributed by atoms with Crippen LogP contribution in [0.5, 0.6) is 0 Å². The number of aromatic nitrogens is 2. The highest BCUT2D eigenvalue weighted by atomic mass is 32.1. The Bertz CT molecular complexity index is 2830. The Morgan fingerprint density at radius 1 is 0.438 bits per heavy atom. The maximum Gasteiger partial charge on any atom is 0.160 e. The van der Waals surface area contributed by atoms with Crippen molar-refractivity contribution in [1.29, 1.82) is 0 Å². The van der Waals surface area contributed by atoms with Crippen LogP contribution in [0.4, 0.5) is 0 Å². The second-order valence-electron chi connectivity index (χ2n) is 12.1. The summed E-state index contributed by atoms with van der Waals surface area (Å²) >= 11 is 1.76. The molecule has 0 unspecified atom stereocenters. The average Bonchev–Trinajstić information content (AvgIpc) is 3.73. The van der Waals surface area contributed by atoms with Crippen LogP contribution in [0.2, 0.25) is 0 Å². The second kappa shape index (κ2) is 10.7. The van der Waals surface area contributed by atoms with Crippen LogP contribution in [0.15, 0.2) is 162 Å². The minimum Gasteiger partial charge on any atom is -0.455 e. The van der Waals surface area contributed by atoms with E-state index in [1.807, 2.05) is 0 Å². The lowest BCUT2D eigenvalue weighted by Gasteiger charge is -2.09. The van der Waals surface area contributed by atoms with Gasteiger partial charge in [-0.1, -0.05) is 121 Å². The van der Waals surface area contributed by atoms with Crippen molar-refractivity contribution in [2.24, 2.45) is 0 Å². The normalized spacial score (nSPS) is 11.8. The average molecular weight is 631 g/mol. The third-order valence-corrected chi connectivity index (χ3v) is 10.4. The molecule has 7 aromatic carbocycles. The zero-order valence-electron chi connectivity index (χ0n) is 25.7. The summed E-state index contributed by atoms with van der Waals surface area (Å²) < 4.78 is 8.87. The van der Waals surface area contributed by atoms with Gasteiger partial charge in [0, 0.05) is 37.4 Å². The summed E-state index contributed by atoms with van der Waals surface area (Å²) in [5.41, 5.74) is 10.4. The first-order valence-corrected chi connectivity index (χ1v) is 16.9. The first kappa shape index (κ1) is 27.1. The molecule has 0 aliphatic heterocycles. The smallest absolute Gasteiger partial charge is 0.160 e. The van der Waals surface area contributed by atoms with Gasteiger partial charge in [-0.25, -0.2) is 9.97 Å². The molecule has 0 spiro atoms. The number of hydrogen-bond acceptors (Lipinski definition) is 4. The van der Waals surface area contributed by atoms with Gasteiger partial charge in [-0.15, -0.1) is 11.3 Å². The summed E-state index contributed by atoms with van der Waals surface area (Å²) in [5, 5.41) is 5.57. The molecule has 0 amide bonds. The van der Waals surface area contributed by atoms with Gasteiger partial charge < -0.3 is 4.42 Å². The molecule has 224 valence electrons. The van der Waals surface area contributed by atoms with Crippen molar-refractivity contribution in [3.63, 3.8) is 0 Å². The molecule has 0 aliphatic carbocycles. The summed E-state index contributed by atoms with van der Waals surface area (Å²) in [6.07, 6.45) is 0. The second-order valence-corrected chi connectivity index (χ2v) is 13.2. The number of fused-ring (bicyclic) bond motifs is 8. The van der Waals surface area contributed by atoms with Gasteiger partial charge in [0.15, 0.2) is 5.82 Å². The van der Waals surface area contributed by atoms with Crippen LogP contribution in [0, 0.1) is 0 Å². The molecule has 10 rings (SSSR count). The Morgan fingerprint density at radius 3 is 1.96 bits per heavy atom. The zero-order valence-corrected chi connectivity index (χ0v) is 26.5. The third kappa shape index (κ3) is 4.27. The lowest BCUT2D eigenvalue weighted by atomic mass is 9.95. The topological polar surface area (TPSA) is 38.9 Å². The van der Waals surface area contributed by atoms with Gasteiger partial charge in [0.2, 0.25) is 0 Å². The maximum absolute atomic E-state index is 6.57. The Hall–Kier alpha value is -6.10. The van der Waals surface area contributed by atoms with E-state index in [9.17, 15) is 0 Å². The first-order chi connectivity index (χ1) is 23.8. The largest absolute Gasteiger partial charge is 0.455 e. The zero-order chi connectivity index (χ0) is 31.6. The van der Waals surface area contributed by atoms with Crippen LogP contribution >= 0.6 is 11.3 Å². The third-order valence-electron chi connectivity index (χ3n) is 9.28. The summed E-state index contributed by atoms with van der Waals surface area (Å²) in [6, 6.07) is 55.4. The molecule has 0 aliphatic rings. The van der Waals surface area contributed by atoms with E-state index >= 15 is 0 Å². The van der Waals surface area contributed by atoms with Crippen molar-refractivity contribution >= 4 is 64.4 Å². The fourth-order valence-electron chi connectivity index (χ4n) is 6.99. The van der Waals surface area contributed by atoms with Crippen molar-refractivity contribution in [1.82, 2.24) is 9.97 Å². The first-order valence-electron chi connectivity index (χ1n) is 16.1. The molecule has 10 aromatic rings. The quantitative estimate of drug-likeness (QED) is 0.194. The summed E-state index contributed by atoms with van der Waals surface area (Å²) in [5.74, 6) is 0.700. The molecular weight excluding hydrogens is 605 g/mol. The van der Waals surface area contributed by atoms with Crippen molar-refractivity contribution in [3.8, 4) is 44.9 Å². The summed E-state index contributed by atoms with van der Waals surface area (Å²) in [6.45, 7) is 0. The highest BCUT2D eigenvalue weighted by Gasteiger charge is 2.19. The van der Waals surface area contributed by atoms with Gasteiger partial charge in [0.25, 0.3) is 0 Å². The standard InChI is InChI=1S/C44H26N2OS/c1-3-12-27(13-4-1)29-16-11-17-30(24-29)40-43-41(34-20-9-10-21-39(34)48-43)46-44(45-40)31-22-23-38-36(25-31)37-26-35(28-14-5-2-6-15-28)32-18-7-8-19-33(32)42(37)47-38/h1-26H. The molecule has 3 nitrogen and oxygen atoms in total. The van der Waals surface area contributed by atoms with Gasteiger partial charge in [-0.3, -0.25) is 0 Å².